The number of aryl methyl sites for hydroxylation is 2. The van der Waals surface area contributed by atoms with Crippen LogP contribution in [0, 0.1) is 6.92 Å². The maximum atomic E-state index is 12.0. The molecule has 1 aliphatic carbocycles. The number of carbonyl (C=O) groups excluding carboxylic acids is 1. The van der Waals surface area contributed by atoms with Crippen molar-refractivity contribution in [1.82, 2.24) is 29.7 Å². The van der Waals surface area contributed by atoms with E-state index in [9.17, 15) is 4.79 Å². The lowest BCUT2D eigenvalue weighted by molar-refractivity contribution is -0.116. The van der Waals surface area contributed by atoms with Crippen LogP contribution in [0.15, 0.2) is 60.1 Å². The lowest BCUT2D eigenvalue weighted by Crippen LogP contribution is -2.46. The quantitative estimate of drug-likeness (QED) is 0.511. The molecule has 1 saturated heterocycles. The molecule has 1 fully saturated rings. The number of imidazole rings is 1. The molecule has 0 radical (unpaired) electrons. The van der Waals surface area contributed by atoms with Crippen LogP contribution in [-0.2, 0) is 17.3 Å². The number of rotatable bonds is 5. The van der Waals surface area contributed by atoms with Gasteiger partial charge in [-0.15, -0.1) is 0 Å². The second-order valence-corrected chi connectivity index (χ2v) is 11.2. The van der Waals surface area contributed by atoms with E-state index in [4.69, 9.17) is 9.97 Å². The molecule has 9 heteroatoms. The molecule has 2 N–H and O–H groups in total. The lowest BCUT2D eigenvalue weighted by Gasteiger charge is -2.36. The average Bonchev–Trinajstić information content (AvgIpc) is 3.13. The molecule has 1 amide bonds. The van der Waals surface area contributed by atoms with Gasteiger partial charge in [-0.1, -0.05) is 45.1 Å². The highest BCUT2D eigenvalue weighted by molar-refractivity contribution is 5.96. The van der Waals surface area contributed by atoms with Crippen molar-refractivity contribution < 1.29 is 4.79 Å². The first-order valence-electron chi connectivity index (χ1n) is 13.5. The SMILES string of the molecule is CNC(=O)C1=CCC=C(N2CCN(c3nc(Nc4cc(C(C)(C)C)ccc4C)c4c(ncn4C)n3)CC2)C=C1. The van der Waals surface area contributed by atoms with E-state index < -0.39 is 0 Å². The number of anilines is 3. The third kappa shape index (κ3) is 5.53. The van der Waals surface area contributed by atoms with Crippen molar-refractivity contribution in [3.63, 3.8) is 0 Å². The Hall–Kier alpha value is -4.14. The van der Waals surface area contributed by atoms with Gasteiger partial charge in [0.15, 0.2) is 11.5 Å². The summed E-state index contributed by atoms with van der Waals surface area (Å²) < 4.78 is 1.97. The first kappa shape index (κ1) is 26.5. The van der Waals surface area contributed by atoms with Gasteiger partial charge in [-0.25, -0.2) is 4.98 Å². The number of benzene rings is 1. The number of amides is 1. The normalized spacial score (nSPS) is 16.2. The van der Waals surface area contributed by atoms with Gasteiger partial charge in [0.1, 0.15) is 5.52 Å². The summed E-state index contributed by atoms with van der Waals surface area (Å²) >= 11 is 0. The highest BCUT2D eigenvalue weighted by Gasteiger charge is 2.23. The molecule has 3 aromatic rings. The Balaban J connectivity index is 1.37. The van der Waals surface area contributed by atoms with Crippen LogP contribution in [0.3, 0.4) is 0 Å². The summed E-state index contributed by atoms with van der Waals surface area (Å²) in [7, 11) is 3.63. The van der Waals surface area contributed by atoms with Gasteiger partial charge in [-0.3, -0.25) is 4.79 Å². The minimum Gasteiger partial charge on any atom is -0.368 e. The van der Waals surface area contributed by atoms with Gasteiger partial charge >= 0.3 is 0 Å². The van der Waals surface area contributed by atoms with Crippen LogP contribution in [0.25, 0.3) is 11.2 Å². The van der Waals surface area contributed by atoms with Crippen molar-refractivity contribution in [3.8, 4) is 0 Å². The van der Waals surface area contributed by atoms with Crippen LogP contribution in [-0.4, -0.2) is 63.6 Å². The molecule has 204 valence electrons. The molecule has 3 heterocycles. The smallest absolute Gasteiger partial charge is 0.250 e. The second-order valence-electron chi connectivity index (χ2n) is 11.2. The third-order valence-electron chi connectivity index (χ3n) is 7.43. The number of fused-ring (bicyclic) bond motifs is 1. The molecule has 1 aliphatic heterocycles. The van der Waals surface area contributed by atoms with E-state index in [1.54, 1.807) is 13.4 Å². The first-order chi connectivity index (χ1) is 18.6. The monoisotopic (exact) mass is 526 g/mol. The Kier molecular flexibility index (Phi) is 7.16. The topological polar surface area (TPSA) is 91.2 Å². The molecule has 0 atom stereocenters. The number of nitrogens with one attached hydrogen (secondary N) is 2. The average molecular weight is 527 g/mol. The molecule has 1 aromatic carbocycles. The van der Waals surface area contributed by atoms with Crippen LogP contribution >= 0.6 is 0 Å². The first-order valence-corrected chi connectivity index (χ1v) is 13.5. The minimum atomic E-state index is -0.0579. The molecule has 0 bridgehead atoms. The fraction of sp³-hybridized carbons (Fsp3) is 0.400. The van der Waals surface area contributed by atoms with Gasteiger partial charge in [0.2, 0.25) is 5.95 Å². The van der Waals surface area contributed by atoms with Gasteiger partial charge < -0.3 is 25.0 Å². The number of likely N-dealkylation sites (N-methyl/N-ethyl adjacent to an activating group) is 1. The summed E-state index contributed by atoms with van der Waals surface area (Å²) in [6.07, 6.45) is 10.6. The number of nitrogens with zero attached hydrogens (tertiary/aromatic N) is 6. The lowest BCUT2D eigenvalue weighted by atomic mass is 9.86. The number of hydrogen-bond acceptors (Lipinski definition) is 7. The van der Waals surface area contributed by atoms with Crippen molar-refractivity contribution in [3.05, 3.63) is 71.2 Å². The van der Waals surface area contributed by atoms with Gasteiger partial charge in [-0.05, 0) is 48.1 Å². The Morgan fingerprint density at radius 2 is 1.74 bits per heavy atom. The number of hydrogen-bond donors (Lipinski definition) is 2. The molecular weight excluding hydrogens is 488 g/mol. The van der Waals surface area contributed by atoms with Crippen molar-refractivity contribution >= 4 is 34.5 Å². The molecule has 0 spiro atoms. The van der Waals surface area contributed by atoms with Crippen molar-refractivity contribution in [2.24, 2.45) is 7.05 Å². The largest absolute Gasteiger partial charge is 0.368 e. The molecule has 0 saturated carbocycles. The maximum absolute atomic E-state index is 12.0. The fourth-order valence-corrected chi connectivity index (χ4v) is 4.95. The minimum absolute atomic E-state index is 0.0461. The van der Waals surface area contributed by atoms with E-state index in [2.05, 4.69) is 77.4 Å². The molecule has 2 aliphatic rings. The Bertz CT molecular complexity index is 1480. The van der Waals surface area contributed by atoms with E-state index in [-0.39, 0.29) is 11.3 Å². The molecule has 9 nitrogen and oxygen atoms in total. The summed E-state index contributed by atoms with van der Waals surface area (Å²) in [5.41, 5.74) is 6.91. The number of aromatic nitrogens is 4. The predicted octanol–water partition coefficient (Wildman–Crippen LogP) is 4.35. The van der Waals surface area contributed by atoms with Crippen LogP contribution in [0.2, 0.25) is 0 Å². The third-order valence-corrected chi connectivity index (χ3v) is 7.43. The predicted molar refractivity (Wildman–Crippen MR) is 157 cm³/mol. The highest BCUT2D eigenvalue weighted by Crippen LogP contribution is 2.31. The van der Waals surface area contributed by atoms with Crippen LogP contribution < -0.4 is 15.5 Å². The van der Waals surface area contributed by atoms with Gasteiger partial charge in [0, 0.05) is 57.2 Å². The Morgan fingerprint density at radius 3 is 2.46 bits per heavy atom. The van der Waals surface area contributed by atoms with Crippen molar-refractivity contribution in [1.29, 1.82) is 0 Å². The zero-order valence-electron chi connectivity index (χ0n) is 23.7. The zero-order chi connectivity index (χ0) is 27.7. The Labute approximate surface area is 230 Å². The fourth-order valence-electron chi connectivity index (χ4n) is 4.95. The zero-order valence-corrected chi connectivity index (χ0v) is 23.7. The van der Waals surface area contributed by atoms with Crippen molar-refractivity contribution in [2.75, 3.05) is 43.4 Å². The van der Waals surface area contributed by atoms with E-state index in [0.29, 0.717) is 17.2 Å². The number of piperazine rings is 1. The molecule has 0 unspecified atom stereocenters. The van der Waals surface area contributed by atoms with Crippen LogP contribution in [0.1, 0.15) is 38.3 Å². The van der Waals surface area contributed by atoms with Gasteiger partial charge in [-0.2, -0.15) is 9.97 Å². The molecule has 5 rings (SSSR count). The van der Waals surface area contributed by atoms with Gasteiger partial charge in [0.05, 0.1) is 6.33 Å². The molecule has 2 aromatic heterocycles. The van der Waals surface area contributed by atoms with Crippen LogP contribution in [0.5, 0.6) is 0 Å². The summed E-state index contributed by atoms with van der Waals surface area (Å²) in [6, 6.07) is 6.57. The molecule has 39 heavy (non-hydrogen) atoms. The van der Waals surface area contributed by atoms with E-state index >= 15 is 0 Å². The maximum Gasteiger partial charge on any atom is 0.250 e. The number of carbonyl (C=O) groups is 1. The van der Waals surface area contributed by atoms with E-state index in [1.165, 1.54) is 5.56 Å². The number of allylic oxidation sites excluding steroid dienone is 3. The molecular formula is C30H38N8O. The highest BCUT2D eigenvalue weighted by atomic mass is 16.1. The summed E-state index contributed by atoms with van der Waals surface area (Å²) in [6.45, 7) is 12.0. The van der Waals surface area contributed by atoms with Gasteiger partial charge in [0.25, 0.3) is 5.91 Å². The summed E-state index contributed by atoms with van der Waals surface area (Å²) in [4.78, 5) is 31.0. The van der Waals surface area contributed by atoms with Crippen LogP contribution in [0.4, 0.5) is 17.5 Å². The van der Waals surface area contributed by atoms with E-state index in [1.807, 2.05) is 29.8 Å². The van der Waals surface area contributed by atoms with Crippen molar-refractivity contribution in [2.45, 2.75) is 39.5 Å². The van der Waals surface area contributed by atoms with E-state index in [0.717, 1.165) is 60.9 Å². The summed E-state index contributed by atoms with van der Waals surface area (Å²) in [5, 5.41) is 6.31. The standard InChI is InChI=1S/C30H38N8O/c1-20-10-12-22(30(2,3)4)18-24(20)33-27-25-26(32-19-36(25)6)34-29(35-27)38-16-14-37(15-17-38)23-9-7-8-21(11-13-23)28(39)31-5/h8-13,18-19H,7,14-17H2,1-6H3,(H,31,39)(H,33,34,35). The Morgan fingerprint density at radius 1 is 1.00 bits per heavy atom. The summed E-state index contributed by atoms with van der Waals surface area (Å²) in [5.74, 6) is 1.38. The second kappa shape index (κ2) is 10.6.